The van der Waals surface area contributed by atoms with Crippen LogP contribution in [0.25, 0.3) is 22.0 Å². The van der Waals surface area contributed by atoms with E-state index < -0.39 is 18.2 Å². The van der Waals surface area contributed by atoms with Crippen LogP contribution in [0.3, 0.4) is 0 Å². The van der Waals surface area contributed by atoms with Crippen molar-refractivity contribution in [1.82, 2.24) is 10.3 Å². The molecule has 4 aromatic rings. The number of quaternary nitrogens is 1. The van der Waals surface area contributed by atoms with Crippen molar-refractivity contribution in [3.8, 4) is 16.9 Å². The zero-order chi connectivity index (χ0) is 40.7. The van der Waals surface area contributed by atoms with E-state index in [4.69, 9.17) is 14.6 Å². The van der Waals surface area contributed by atoms with Gasteiger partial charge in [-0.15, -0.1) is 0 Å². The molecule has 1 aliphatic rings. The van der Waals surface area contributed by atoms with Crippen LogP contribution in [-0.4, -0.2) is 84.3 Å². The molecule has 0 saturated carbocycles. The number of ether oxygens (including phenoxy) is 1. The molecule has 1 amide bonds. The second-order valence-corrected chi connectivity index (χ2v) is 14.9. The molecule has 0 spiro atoms. The Balaban J connectivity index is 0.000000908. The molecule has 5 N–H and O–H groups in total. The van der Waals surface area contributed by atoms with Crippen molar-refractivity contribution < 1.29 is 47.3 Å². The fourth-order valence-electron chi connectivity index (χ4n) is 6.73. The number of hydrogen-bond donors (Lipinski definition) is 5. The molecule has 3 aromatic carbocycles. The minimum Gasteiger partial charge on any atom is -0.542 e. The highest BCUT2D eigenvalue weighted by molar-refractivity contribution is 5.92. The van der Waals surface area contributed by atoms with Gasteiger partial charge in [0, 0.05) is 36.4 Å². The predicted molar refractivity (Wildman–Crippen MR) is 208 cm³/mol. The number of alkyl halides is 3. The number of aliphatic hydroxyl groups excluding tert-OH is 1. The number of carboxylic acids is 1. The minimum atomic E-state index is -5.19. The molecule has 1 aliphatic heterocycles. The zero-order valence-corrected chi connectivity index (χ0v) is 32.0. The van der Waals surface area contributed by atoms with E-state index in [1.807, 2.05) is 18.2 Å². The van der Waals surface area contributed by atoms with Crippen molar-refractivity contribution in [3.63, 3.8) is 0 Å². The Hall–Kier alpha value is -4.92. The van der Waals surface area contributed by atoms with Gasteiger partial charge in [-0.3, -0.25) is 10.1 Å². The summed E-state index contributed by atoms with van der Waals surface area (Å²) >= 11 is 0. The number of benzene rings is 3. The molecule has 2 heterocycles. The van der Waals surface area contributed by atoms with Crippen molar-refractivity contribution in [1.29, 1.82) is 0 Å². The molecule has 304 valence electrons. The summed E-state index contributed by atoms with van der Waals surface area (Å²) in [6, 6.07) is 22.8. The minimum absolute atomic E-state index is 0.00647. The molecule has 1 aromatic heterocycles. The van der Waals surface area contributed by atoms with Crippen LogP contribution in [0.2, 0.25) is 0 Å². The number of carbonyl (C=O) groups excluding carboxylic acids is 2. The summed E-state index contributed by atoms with van der Waals surface area (Å²) in [5.41, 5.74) is 4.82. The first-order valence-electron chi connectivity index (χ1n) is 19.1. The van der Waals surface area contributed by atoms with E-state index in [2.05, 4.69) is 60.0 Å². The molecule has 0 radical (unpaired) electrons. The van der Waals surface area contributed by atoms with Crippen LogP contribution in [0.15, 0.2) is 77.6 Å². The number of piperidine rings is 1. The Morgan fingerprint density at radius 1 is 0.929 bits per heavy atom. The number of aliphatic carboxylic acids is 1. The van der Waals surface area contributed by atoms with Gasteiger partial charge in [0.05, 0.1) is 44.5 Å². The number of aromatic amines is 1. The maximum Gasteiger partial charge on any atom is 0.430 e. The van der Waals surface area contributed by atoms with E-state index in [9.17, 15) is 33.0 Å². The second-order valence-electron chi connectivity index (χ2n) is 14.9. The van der Waals surface area contributed by atoms with E-state index in [1.165, 1.54) is 37.0 Å². The van der Waals surface area contributed by atoms with Crippen molar-refractivity contribution in [2.75, 3.05) is 45.6 Å². The number of halogens is 3. The number of aromatic nitrogens is 1. The lowest BCUT2D eigenvalue weighted by molar-refractivity contribution is -0.896. The number of phenols is 1. The summed E-state index contributed by atoms with van der Waals surface area (Å²) < 4.78 is 38.4. The smallest absolute Gasteiger partial charge is 0.430 e. The molecular formula is C42H53F3N4O7. The highest BCUT2D eigenvalue weighted by Gasteiger charge is 2.29. The number of H-pyrrole nitrogens is 1. The van der Waals surface area contributed by atoms with Crippen LogP contribution in [0, 0.1) is 0 Å². The third-order valence-corrected chi connectivity index (χ3v) is 9.95. The van der Waals surface area contributed by atoms with Crippen LogP contribution < -0.4 is 21.3 Å². The number of aryl methyl sites for hydroxylation is 1. The Morgan fingerprint density at radius 2 is 1.57 bits per heavy atom. The molecule has 1 fully saturated rings. The van der Waals surface area contributed by atoms with Gasteiger partial charge < -0.3 is 39.6 Å². The van der Waals surface area contributed by atoms with E-state index in [-0.39, 0.29) is 23.5 Å². The number of carbonyl (C=O) groups is 2. The Labute approximate surface area is 325 Å². The van der Waals surface area contributed by atoms with Gasteiger partial charge in [0.1, 0.15) is 17.8 Å². The van der Waals surface area contributed by atoms with Gasteiger partial charge in [-0.05, 0) is 60.7 Å². The van der Waals surface area contributed by atoms with Gasteiger partial charge in [0.15, 0.2) is 0 Å². The molecule has 1 saturated heterocycles. The fraction of sp³-hybridized carbons (Fsp3) is 0.452. The standard InChI is InChI=1S/C40H52N4O5.C2HF3O2/c1-44(2)25-22-31(23-26-44)49-40(48)42-35-27-29(16-17-32(35)30-14-10-8-11-15-30)13-9-6-4-3-5-7-12-24-41-28-37(46)33-18-20-36(45)39-34(33)19-21-38(47)43-39;3-2(4,5)1(6)7/h8,10-11,14-21,27,31,37,41,46H,3-7,9,12-13,22-26,28H2,1-2H3,(H2-,42,43,45,47,48);(H,6,7)/t37-;/m0./s1. The Kier molecular flexibility index (Phi) is 16.3. The maximum atomic E-state index is 13.0. The van der Waals surface area contributed by atoms with Crippen molar-refractivity contribution in [2.45, 2.75) is 82.6 Å². The van der Waals surface area contributed by atoms with Gasteiger partial charge in [-0.2, -0.15) is 13.2 Å². The van der Waals surface area contributed by atoms with Crippen molar-refractivity contribution in [3.05, 3.63) is 94.3 Å². The number of anilines is 1. The second kappa shape index (κ2) is 20.8. The van der Waals surface area contributed by atoms with Gasteiger partial charge >= 0.3 is 12.3 Å². The lowest BCUT2D eigenvalue weighted by Gasteiger charge is -2.36. The fourth-order valence-corrected chi connectivity index (χ4v) is 6.73. The number of amides is 1. The first kappa shape index (κ1) is 43.8. The lowest BCUT2D eigenvalue weighted by atomic mass is 9.98. The number of aliphatic hydroxyl groups is 1. The van der Waals surface area contributed by atoms with Crippen molar-refractivity contribution in [2.24, 2.45) is 0 Å². The SMILES string of the molecule is C[N+]1(C)CCC(OC(=O)Nc2cc(CCCCCCCCCNC[C@H](O)c3ccc(O)c4[nH]c(=O)ccc34)ccc2-c2ccccc2)CC1.O=C([O-])C(F)(F)F. The van der Waals surface area contributed by atoms with Crippen LogP contribution in [0.1, 0.15) is 75.0 Å². The number of rotatable bonds is 16. The molecule has 56 heavy (non-hydrogen) atoms. The monoisotopic (exact) mass is 782 g/mol. The number of likely N-dealkylation sites (tertiary alicyclic amines) is 1. The molecule has 1 atom stereocenters. The Morgan fingerprint density at radius 3 is 2.23 bits per heavy atom. The van der Waals surface area contributed by atoms with Gasteiger partial charge in [-0.1, -0.05) is 80.6 Å². The average Bonchev–Trinajstić information content (AvgIpc) is 3.15. The summed E-state index contributed by atoms with van der Waals surface area (Å²) in [6.07, 6.45) is 4.41. The largest absolute Gasteiger partial charge is 0.542 e. The molecule has 0 bridgehead atoms. The van der Waals surface area contributed by atoms with Gasteiger partial charge in [0.25, 0.3) is 0 Å². The zero-order valence-electron chi connectivity index (χ0n) is 32.0. The molecule has 5 rings (SSSR count). The van der Waals surface area contributed by atoms with Crippen LogP contribution in [0.4, 0.5) is 23.7 Å². The van der Waals surface area contributed by atoms with E-state index in [1.54, 1.807) is 12.1 Å². The number of phenolic OH excluding ortho intramolecular Hbond substituents is 1. The Bertz CT molecular complexity index is 1930. The summed E-state index contributed by atoms with van der Waals surface area (Å²) in [5, 5.41) is 36.6. The number of carboxylic acid groups (broad SMARTS) is 1. The first-order valence-corrected chi connectivity index (χ1v) is 19.1. The number of pyridine rings is 1. The van der Waals surface area contributed by atoms with Crippen LogP contribution in [-0.2, 0) is 16.0 Å². The molecule has 0 aliphatic carbocycles. The number of nitrogens with one attached hydrogen (secondary N) is 3. The highest BCUT2D eigenvalue weighted by Crippen LogP contribution is 2.31. The van der Waals surface area contributed by atoms with Gasteiger partial charge in [0.2, 0.25) is 5.56 Å². The number of aromatic hydroxyl groups is 1. The number of hydrogen-bond acceptors (Lipinski definition) is 8. The maximum absolute atomic E-state index is 13.0. The van der Waals surface area contributed by atoms with Crippen LogP contribution in [0.5, 0.6) is 5.75 Å². The summed E-state index contributed by atoms with van der Waals surface area (Å²) in [7, 11) is 4.44. The molecular weight excluding hydrogens is 729 g/mol. The number of unbranched alkanes of at least 4 members (excludes halogenated alkanes) is 6. The topological polar surface area (TPSA) is 164 Å². The summed E-state index contributed by atoms with van der Waals surface area (Å²) in [4.78, 5) is 36.0. The molecule has 0 unspecified atom stereocenters. The summed E-state index contributed by atoms with van der Waals surface area (Å²) in [5.74, 6) is -3.01. The van der Waals surface area contributed by atoms with Gasteiger partial charge in [-0.25, -0.2) is 4.79 Å². The lowest BCUT2D eigenvalue weighted by Crippen LogP contribution is -2.48. The quantitative estimate of drug-likeness (QED) is 0.0629. The third kappa shape index (κ3) is 14.0. The average molecular weight is 783 g/mol. The number of nitrogens with zero attached hydrogens (tertiary/aromatic N) is 1. The van der Waals surface area contributed by atoms with E-state index >= 15 is 0 Å². The van der Waals surface area contributed by atoms with Crippen molar-refractivity contribution >= 4 is 28.7 Å². The van der Waals surface area contributed by atoms with Crippen LogP contribution >= 0.6 is 0 Å². The third-order valence-electron chi connectivity index (χ3n) is 9.95. The molecule has 14 heteroatoms. The molecule has 11 nitrogen and oxygen atoms in total. The highest BCUT2D eigenvalue weighted by atomic mass is 19.4. The number of fused-ring (bicyclic) bond motifs is 1. The predicted octanol–water partition coefficient (Wildman–Crippen LogP) is 6.58. The summed E-state index contributed by atoms with van der Waals surface area (Å²) in [6.45, 7) is 3.25. The first-order chi connectivity index (χ1) is 26.6. The van der Waals surface area contributed by atoms with E-state index in [0.29, 0.717) is 23.0 Å². The van der Waals surface area contributed by atoms with E-state index in [0.717, 1.165) is 85.9 Å². The normalized spacial score (nSPS) is 14.8.